The lowest BCUT2D eigenvalue weighted by atomic mass is 10.1. The Hall–Kier alpha value is -0.310. The fourth-order valence-electron chi connectivity index (χ4n) is 1.85. The second kappa shape index (κ2) is 3.12. The van der Waals surface area contributed by atoms with Crippen molar-refractivity contribution in [2.24, 2.45) is 5.41 Å². The number of nitrogens with zero attached hydrogens (tertiary/aromatic N) is 2. The van der Waals surface area contributed by atoms with Gasteiger partial charge in [-0.3, -0.25) is 0 Å². The summed E-state index contributed by atoms with van der Waals surface area (Å²) in [6.45, 7) is 4.62. The number of aromatic nitrogens is 2. The van der Waals surface area contributed by atoms with Crippen LogP contribution < -0.4 is 0 Å². The quantitative estimate of drug-likeness (QED) is 0.745. The molecule has 2 atom stereocenters. The highest BCUT2D eigenvalue weighted by molar-refractivity contribution is 9.08. The predicted molar refractivity (Wildman–Crippen MR) is 56.9 cm³/mol. The van der Waals surface area contributed by atoms with Gasteiger partial charge in [0, 0.05) is 17.6 Å². The summed E-state index contributed by atoms with van der Waals surface area (Å²) in [6, 6.07) is 0.692. The molecule has 0 bridgehead atoms. The minimum absolute atomic E-state index is 0.532. The molecule has 1 saturated carbocycles. The highest BCUT2D eigenvalue weighted by Crippen LogP contribution is 2.58. The Labute approximate surface area is 87.5 Å². The van der Waals surface area contributed by atoms with Crippen LogP contribution in [0.3, 0.4) is 0 Å². The smallest absolute Gasteiger partial charge is 0.0952 e. The van der Waals surface area contributed by atoms with Gasteiger partial charge in [-0.1, -0.05) is 29.8 Å². The Morgan fingerprint density at radius 2 is 2.54 bits per heavy atom. The number of rotatable bonds is 3. The van der Waals surface area contributed by atoms with E-state index < -0.39 is 0 Å². The molecule has 2 nitrogen and oxygen atoms in total. The molecule has 2 unspecified atom stereocenters. The normalized spacial score (nSPS) is 32.1. The van der Waals surface area contributed by atoms with Crippen LogP contribution in [0.15, 0.2) is 12.5 Å². The van der Waals surface area contributed by atoms with Gasteiger partial charge in [0.15, 0.2) is 0 Å². The number of imidazole rings is 1. The molecule has 1 aromatic heterocycles. The number of alkyl halides is 1. The molecule has 0 amide bonds. The summed E-state index contributed by atoms with van der Waals surface area (Å²) in [7, 11) is 0. The van der Waals surface area contributed by atoms with E-state index in [0.29, 0.717) is 11.5 Å². The van der Waals surface area contributed by atoms with Crippen molar-refractivity contribution in [3.63, 3.8) is 0 Å². The van der Waals surface area contributed by atoms with Crippen LogP contribution in [0.5, 0.6) is 0 Å². The lowest BCUT2D eigenvalue weighted by molar-refractivity contribution is 0.475. The summed E-state index contributed by atoms with van der Waals surface area (Å²) >= 11 is 3.41. The van der Waals surface area contributed by atoms with E-state index in [0.717, 1.165) is 11.0 Å². The van der Waals surface area contributed by atoms with E-state index in [4.69, 9.17) is 0 Å². The van der Waals surface area contributed by atoms with Gasteiger partial charge in [-0.15, -0.1) is 0 Å². The van der Waals surface area contributed by atoms with Crippen LogP contribution >= 0.6 is 15.9 Å². The molecule has 72 valence electrons. The average Bonchev–Trinajstić information content (AvgIpc) is 2.65. The van der Waals surface area contributed by atoms with Crippen molar-refractivity contribution in [3.8, 4) is 0 Å². The third-order valence-corrected chi connectivity index (χ3v) is 3.84. The molecule has 3 heteroatoms. The minimum atomic E-state index is 0.532. The Morgan fingerprint density at radius 3 is 3.00 bits per heavy atom. The molecule has 0 radical (unpaired) electrons. The fourth-order valence-corrected chi connectivity index (χ4v) is 2.14. The molecule has 1 aromatic rings. The van der Waals surface area contributed by atoms with Gasteiger partial charge >= 0.3 is 0 Å². The maximum atomic E-state index is 4.31. The zero-order valence-electron chi connectivity index (χ0n) is 8.13. The Morgan fingerprint density at radius 1 is 1.77 bits per heavy atom. The Balaban J connectivity index is 2.11. The van der Waals surface area contributed by atoms with E-state index in [1.807, 2.05) is 6.33 Å². The largest absolute Gasteiger partial charge is 0.334 e. The highest BCUT2D eigenvalue weighted by Gasteiger charge is 2.49. The third kappa shape index (κ3) is 1.54. The first kappa shape index (κ1) is 9.25. The van der Waals surface area contributed by atoms with Crippen molar-refractivity contribution in [3.05, 3.63) is 18.2 Å². The van der Waals surface area contributed by atoms with Crippen LogP contribution in [0.25, 0.3) is 0 Å². The molecular weight excluding hydrogens is 228 g/mol. The zero-order chi connectivity index (χ0) is 9.47. The van der Waals surface area contributed by atoms with E-state index in [1.165, 1.54) is 12.8 Å². The number of halogens is 1. The van der Waals surface area contributed by atoms with Crippen LogP contribution in [0, 0.1) is 5.41 Å². The summed E-state index contributed by atoms with van der Waals surface area (Å²) in [6.07, 6.45) is 6.68. The first-order valence-corrected chi connectivity index (χ1v) is 5.90. The molecule has 2 rings (SSSR count). The van der Waals surface area contributed by atoms with Crippen LogP contribution in [-0.4, -0.2) is 9.55 Å². The molecule has 0 saturated heterocycles. The lowest BCUT2D eigenvalue weighted by Crippen LogP contribution is -2.00. The summed E-state index contributed by atoms with van der Waals surface area (Å²) < 4.78 is 2.26. The lowest BCUT2D eigenvalue weighted by Gasteiger charge is -2.07. The van der Waals surface area contributed by atoms with Gasteiger partial charge in [0.2, 0.25) is 0 Å². The van der Waals surface area contributed by atoms with Gasteiger partial charge in [-0.25, -0.2) is 4.98 Å². The van der Waals surface area contributed by atoms with Crippen LogP contribution in [0.2, 0.25) is 0 Å². The van der Waals surface area contributed by atoms with Crippen LogP contribution in [0.4, 0.5) is 0 Å². The van der Waals surface area contributed by atoms with Gasteiger partial charge in [0.05, 0.1) is 12.0 Å². The number of hydrogen-bond acceptors (Lipinski definition) is 1. The highest BCUT2D eigenvalue weighted by atomic mass is 79.9. The van der Waals surface area contributed by atoms with Gasteiger partial charge < -0.3 is 4.57 Å². The Kier molecular flexibility index (Phi) is 2.22. The monoisotopic (exact) mass is 242 g/mol. The van der Waals surface area contributed by atoms with Crippen molar-refractivity contribution >= 4 is 15.9 Å². The van der Waals surface area contributed by atoms with Gasteiger partial charge in [-0.2, -0.15) is 0 Å². The molecule has 0 spiro atoms. The van der Waals surface area contributed by atoms with E-state index in [-0.39, 0.29) is 0 Å². The third-order valence-electron chi connectivity index (χ3n) is 3.26. The maximum absolute atomic E-state index is 4.31. The minimum Gasteiger partial charge on any atom is -0.334 e. The second-order valence-electron chi connectivity index (χ2n) is 4.17. The van der Waals surface area contributed by atoms with Gasteiger partial charge in [-0.05, 0) is 18.3 Å². The molecule has 1 fully saturated rings. The standard InChI is InChI=1S/C10H15BrN2/c1-3-10(2)4-9(10)13-6-8(5-11)12-7-13/h6-7,9H,3-5H2,1-2H3. The summed E-state index contributed by atoms with van der Waals surface area (Å²) in [5, 5.41) is 0.857. The summed E-state index contributed by atoms with van der Waals surface area (Å²) in [5.41, 5.74) is 1.66. The summed E-state index contributed by atoms with van der Waals surface area (Å²) in [5.74, 6) is 0. The maximum Gasteiger partial charge on any atom is 0.0952 e. The molecule has 0 aliphatic heterocycles. The molecule has 1 aliphatic rings. The zero-order valence-corrected chi connectivity index (χ0v) is 9.71. The molecule has 13 heavy (non-hydrogen) atoms. The van der Waals surface area contributed by atoms with Crippen molar-refractivity contribution in [2.45, 2.75) is 38.1 Å². The molecule has 1 aliphatic carbocycles. The van der Waals surface area contributed by atoms with Crippen LogP contribution in [-0.2, 0) is 5.33 Å². The van der Waals surface area contributed by atoms with Crippen molar-refractivity contribution in [1.82, 2.24) is 9.55 Å². The molecule has 1 heterocycles. The van der Waals surface area contributed by atoms with Crippen molar-refractivity contribution in [1.29, 1.82) is 0 Å². The van der Waals surface area contributed by atoms with Crippen molar-refractivity contribution < 1.29 is 0 Å². The molecule has 0 N–H and O–H groups in total. The van der Waals surface area contributed by atoms with E-state index in [2.05, 4.69) is 45.5 Å². The van der Waals surface area contributed by atoms with E-state index in [1.54, 1.807) is 0 Å². The fraction of sp³-hybridized carbons (Fsp3) is 0.700. The Bertz CT molecular complexity index is 308. The number of hydrogen-bond donors (Lipinski definition) is 0. The van der Waals surface area contributed by atoms with Gasteiger partial charge in [0.25, 0.3) is 0 Å². The molecule has 0 aromatic carbocycles. The van der Waals surface area contributed by atoms with Crippen LogP contribution in [0.1, 0.15) is 38.4 Å². The second-order valence-corrected chi connectivity index (χ2v) is 4.73. The average molecular weight is 243 g/mol. The first-order valence-electron chi connectivity index (χ1n) is 4.78. The summed E-state index contributed by atoms with van der Waals surface area (Å²) in [4.78, 5) is 4.31. The van der Waals surface area contributed by atoms with Gasteiger partial charge in [0.1, 0.15) is 0 Å². The predicted octanol–water partition coefficient (Wildman–Crippen LogP) is 3.14. The van der Waals surface area contributed by atoms with E-state index in [9.17, 15) is 0 Å². The van der Waals surface area contributed by atoms with Crippen molar-refractivity contribution in [2.75, 3.05) is 0 Å². The molecular formula is C10H15BrN2. The topological polar surface area (TPSA) is 17.8 Å². The SMILES string of the molecule is CCC1(C)CC1n1cnc(CBr)c1. The first-order chi connectivity index (χ1) is 6.19. The van der Waals surface area contributed by atoms with E-state index >= 15 is 0 Å².